The van der Waals surface area contributed by atoms with E-state index in [1.54, 1.807) is 7.11 Å². The Morgan fingerprint density at radius 2 is 2.00 bits per heavy atom. The summed E-state index contributed by atoms with van der Waals surface area (Å²) in [7, 11) is 1.69. The first-order chi connectivity index (χ1) is 9.87. The number of hydrogen-bond acceptors (Lipinski definition) is 5. The van der Waals surface area contributed by atoms with Gasteiger partial charge in [0.05, 0.1) is 11.8 Å². The smallest absolute Gasteiger partial charge is 0.307 e. The molecule has 0 spiro atoms. The van der Waals surface area contributed by atoms with Crippen molar-refractivity contribution in [3.05, 3.63) is 11.7 Å². The first-order valence-electron chi connectivity index (χ1n) is 7.49. The quantitative estimate of drug-likeness (QED) is 0.919. The van der Waals surface area contributed by atoms with E-state index in [2.05, 4.69) is 24.0 Å². The minimum Gasteiger partial charge on any atom is -0.481 e. The fourth-order valence-electron chi connectivity index (χ4n) is 3.16. The Morgan fingerprint density at radius 3 is 2.52 bits per heavy atom. The summed E-state index contributed by atoms with van der Waals surface area (Å²) < 4.78 is 11.0. The summed E-state index contributed by atoms with van der Waals surface area (Å²) in [5, 5.41) is 13.1. The number of aromatic nitrogens is 2. The minimum atomic E-state index is -0.791. The first kappa shape index (κ1) is 14.5. The van der Waals surface area contributed by atoms with Crippen molar-refractivity contribution in [3.8, 4) is 0 Å². The molecule has 2 unspecified atom stereocenters. The van der Waals surface area contributed by atoms with Gasteiger partial charge in [-0.2, -0.15) is 4.98 Å². The fraction of sp³-hybridized carbons (Fsp3) is 0.800. The molecule has 1 heterocycles. The van der Waals surface area contributed by atoms with E-state index < -0.39 is 11.6 Å². The zero-order valence-corrected chi connectivity index (χ0v) is 12.8. The van der Waals surface area contributed by atoms with Gasteiger partial charge in [0.15, 0.2) is 0 Å². The molecular weight excluding hydrogens is 272 g/mol. The van der Waals surface area contributed by atoms with Gasteiger partial charge in [-0.25, -0.2) is 0 Å². The van der Waals surface area contributed by atoms with Crippen LogP contribution in [0.1, 0.15) is 63.6 Å². The molecule has 21 heavy (non-hydrogen) atoms. The van der Waals surface area contributed by atoms with Gasteiger partial charge in [-0.3, -0.25) is 4.79 Å². The number of nitrogens with zero attached hydrogens (tertiary/aromatic N) is 2. The van der Waals surface area contributed by atoms with E-state index in [0.717, 1.165) is 25.7 Å². The van der Waals surface area contributed by atoms with E-state index in [1.807, 2.05) is 0 Å². The minimum absolute atomic E-state index is 0.127. The first-order valence-corrected chi connectivity index (χ1v) is 7.49. The normalized spacial score (nSPS) is 30.0. The Balaban J connectivity index is 1.77. The van der Waals surface area contributed by atoms with Crippen LogP contribution in [0.4, 0.5) is 0 Å². The molecule has 2 saturated carbocycles. The molecule has 3 rings (SSSR count). The number of ether oxygens (including phenoxy) is 1. The van der Waals surface area contributed by atoms with Gasteiger partial charge in [-0.15, -0.1) is 0 Å². The lowest BCUT2D eigenvalue weighted by Crippen LogP contribution is -2.37. The Bertz CT molecular complexity index is 542. The third-order valence-corrected chi connectivity index (χ3v) is 5.08. The second kappa shape index (κ2) is 4.80. The average molecular weight is 294 g/mol. The second-order valence-corrected chi connectivity index (χ2v) is 7.11. The molecule has 0 bridgehead atoms. The van der Waals surface area contributed by atoms with Crippen molar-refractivity contribution < 1.29 is 19.2 Å². The molecule has 2 fully saturated rings. The van der Waals surface area contributed by atoms with E-state index in [-0.39, 0.29) is 11.8 Å². The van der Waals surface area contributed by atoms with Crippen LogP contribution in [0.15, 0.2) is 4.52 Å². The van der Waals surface area contributed by atoms with E-state index in [1.165, 1.54) is 0 Å². The van der Waals surface area contributed by atoms with Crippen molar-refractivity contribution in [2.45, 2.75) is 57.5 Å². The Kier molecular flexibility index (Phi) is 3.31. The van der Waals surface area contributed by atoms with Gasteiger partial charge in [-0.1, -0.05) is 19.0 Å². The monoisotopic (exact) mass is 294 g/mol. The third-order valence-electron chi connectivity index (χ3n) is 5.08. The van der Waals surface area contributed by atoms with Crippen LogP contribution in [0.5, 0.6) is 0 Å². The lowest BCUT2D eigenvalue weighted by Gasteiger charge is -2.40. The van der Waals surface area contributed by atoms with Crippen LogP contribution in [-0.2, 0) is 15.1 Å². The van der Waals surface area contributed by atoms with Crippen LogP contribution >= 0.6 is 0 Å². The molecule has 1 aromatic rings. The zero-order valence-electron chi connectivity index (χ0n) is 12.8. The summed E-state index contributed by atoms with van der Waals surface area (Å²) in [6.07, 6.45) is 4.41. The van der Waals surface area contributed by atoms with E-state index in [0.29, 0.717) is 23.6 Å². The van der Waals surface area contributed by atoms with Gasteiger partial charge >= 0.3 is 5.97 Å². The van der Waals surface area contributed by atoms with Crippen molar-refractivity contribution >= 4 is 5.97 Å². The van der Waals surface area contributed by atoms with E-state index in [9.17, 15) is 4.79 Å². The highest BCUT2D eigenvalue weighted by Gasteiger charge is 2.50. The van der Waals surface area contributed by atoms with Crippen molar-refractivity contribution in [2.24, 2.45) is 11.3 Å². The van der Waals surface area contributed by atoms with Crippen molar-refractivity contribution in [1.82, 2.24) is 10.1 Å². The van der Waals surface area contributed by atoms with E-state index in [4.69, 9.17) is 14.4 Å². The molecule has 1 aromatic heterocycles. The topological polar surface area (TPSA) is 85.5 Å². The maximum Gasteiger partial charge on any atom is 0.307 e. The van der Waals surface area contributed by atoms with Gasteiger partial charge in [0.1, 0.15) is 5.60 Å². The average Bonchev–Trinajstić information content (AvgIpc) is 3.10. The van der Waals surface area contributed by atoms with Gasteiger partial charge in [0.25, 0.3) is 0 Å². The number of carboxylic acids is 1. The molecule has 1 N–H and O–H groups in total. The predicted octanol–water partition coefficient (Wildman–Crippen LogP) is 2.70. The standard InChI is InChI=1S/C15H22N2O4/c1-14(2)4-6-15(20-3,7-5-14)13-16-11(21-17-13)9-8-10(9)12(18)19/h9-10H,4-8H2,1-3H3,(H,18,19). The van der Waals surface area contributed by atoms with Crippen molar-refractivity contribution in [2.75, 3.05) is 7.11 Å². The van der Waals surface area contributed by atoms with Crippen LogP contribution in [0.3, 0.4) is 0 Å². The molecule has 2 aliphatic rings. The second-order valence-electron chi connectivity index (χ2n) is 7.11. The molecule has 0 saturated heterocycles. The van der Waals surface area contributed by atoms with Gasteiger partial charge < -0.3 is 14.4 Å². The van der Waals surface area contributed by atoms with Crippen LogP contribution in [0.25, 0.3) is 0 Å². The molecular formula is C15H22N2O4. The van der Waals surface area contributed by atoms with Crippen LogP contribution < -0.4 is 0 Å². The molecule has 6 nitrogen and oxygen atoms in total. The van der Waals surface area contributed by atoms with Gasteiger partial charge in [0.2, 0.25) is 11.7 Å². The number of hydrogen-bond donors (Lipinski definition) is 1. The Labute approximate surface area is 123 Å². The summed E-state index contributed by atoms with van der Waals surface area (Å²) in [5.41, 5.74) is -0.162. The van der Waals surface area contributed by atoms with Crippen LogP contribution in [-0.4, -0.2) is 28.3 Å². The molecule has 0 radical (unpaired) electrons. The third kappa shape index (κ3) is 2.57. The number of methoxy groups -OCH3 is 1. The summed E-state index contributed by atoms with van der Waals surface area (Å²) >= 11 is 0. The Hall–Kier alpha value is -1.43. The van der Waals surface area contributed by atoms with E-state index >= 15 is 0 Å². The molecule has 0 aliphatic heterocycles. The highest BCUT2D eigenvalue weighted by atomic mass is 16.5. The highest BCUT2D eigenvalue weighted by Crippen LogP contribution is 2.49. The lowest BCUT2D eigenvalue weighted by atomic mass is 9.70. The molecule has 6 heteroatoms. The number of carbonyl (C=O) groups is 1. The molecule has 0 amide bonds. The van der Waals surface area contributed by atoms with Crippen molar-refractivity contribution in [1.29, 1.82) is 0 Å². The lowest BCUT2D eigenvalue weighted by molar-refractivity contribution is -0.138. The summed E-state index contributed by atoms with van der Waals surface area (Å²) in [4.78, 5) is 15.4. The summed E-state index contributed by atoms with van der Waals surface area (Å²) in [6, 6.07) is 0. The number of aliphatic carboxylic acids is 1. The van der Waals surface area contributed by atoms with Gasteiger partial charge in [-0.05, 0) is 37.5 Å². The number of carboxylic acid groups (broad SMARTS) is 1. The molecule has 2 aliphatic carbocycles. The Morgan fingerprint density at radius 1 is 1.33 bits per heavy atom. The molecule has 0 aromatic carbocycles. The predicted molar refractivity (Wildman–Crippen MR) is 73.7 cm³/mol. The molecule has 116 valence electrons. The summed E-state index contributed by atoms with van der Waals surface area (Å²) in [5.74, 6) is -0.273. The SMILES string of the molecule is COC1(c2noc(C3CC3C(=O)O)n2)CCC(C)(C)CC1. The van der Waals surface area contributed by atoms with Gasteiger partial charge in [0, 0.05) is 7.11 Å². The number of rotatable bonds is 4. The highest BCUT2D eigenvalue weighted by molar-refractivity contribution is 5.74. The maximum atomic E-state index is 10.9. The van der Waals surface area contributed by atoms with Crippen molar-refractivity contribution in [3.63, 3.8) is 0 Å². The summed E-state index contributed by atoms with van der Waals surface area (Å²) in [6.45, 7) is 4.52. The maximum absolute atomic E-state index is 10.9. The fourth-order valence-corrected chi connectivity index (χ4v) is 3.16. The van der Waals surface area contributed by atoms with Crippen LogP contribution in [0, 0.1) is 11.3 Å². The largest absolute Gasteiger partial charge is 0.481 e. The molecule has 2 atom stereocenters. The van der Waals surface area contributed by atoms with Crippen LogP contribution in [0.2, 0.25) is 0 Å². The zero-order chi connectivity index (χ0) is 15.3.